The predicted octanol–water partition coefficient (Wildman–Crippen LogP) is 2.27. The number of carbonyl (C=O) groups excluding carboxylic acids is 1. The van der Waals surface area contributed by atoms with Gasteiger partial charge < -0.3 is 0 Å². The molecule has 0 radical (unpaired) electrons. The van der Waals surface area contributed by atoms with Crippen molar-refractivity contribution < 1.29 is 9.63 Å². The third-order valence-electron chi connectivity index (χ3n) is 6.43. The largest absolute Gasteiger partial charge is 0.298 e. The summed E-state index contributed by atoms with van der Waals surface area (Å²) in [5, 5.41) is 6.13. The summed E-state index contributed by atoms with van der Waals surface area (Å²) in [6.07, 6.45) is 8.77. The standard InChI is InChI=1S/C19H30N4O2/c1-15-16(12-21(2)20-15)13-22-10-8-19(14-22)7-5-6-17(19)18(24)23-9-3-4-11-25-23/h12,17H,3-11,13-14H2,1-2H3/t17-,19-/m1/s1. The molecule has 1 aromatic rings. The lowest BCUT2D eigenvalue weighted by Gasteiger charge is -2.35. The van der Waals surface area contributed by atoms with E-state index >= 15 is 0 Å². The van der Waals surface area contributed by atoms with E-state index in [1.165, 1.54) is 18.4 Å². The molecule has 0 N–H and O–H groups in total. The van der Waals surface area contributed by atoms with Crippen molar-refractivity contribution in [2.45, 2.75) is 52.0 Å². The van der Waals surface area contributed by atoms with Crippen molar-refractivity contribution in [3.05, 3.63) is 17.5 Å². The third-order valence-corrected chi connectivity index (χ3v) is 6.43. The van der Waals surface area contributed by atoms with Crippen LogP contribution in [0.5, 0.6) is 0 Å². The summed E-state index contributed by atoms with van der Waals surface area (Å²) in [6, 6.07) is 0. The van der Waals surface area contributed by atoms with Gasteiger partial charge in [-0.15, -0.1) is 0 Å². The van der Waals surface area contributed by atoms with Crippen LogP contribution >= 0.6 is 0 Å². The van der Waals surface area contributed by atoms with E-state index in [1.54, 1.807) is 5.06 Å². The zero-order valence-corrected chi connectivity index (χ0v) is 15.5. The second-order valence-corrected chi connectivity index (χ2v) is 8.16. The van der Waals surface area contributed by atoms with E-state index in [1.807, 2.05) is 11.7 Å². The molecule has 1 aromatic heterocycles. The Bertz CT molecular complexity index is 637. The Morgan fingerprint density at radius 2 is 2.20 bits per heavy atom. The Balaban J connectivity index is 1.44. The lowest BCUT2D eigenvalue weighted by atomic mass is 9.76. The second-order valence-electron chi connectivity index (χ2n) is 8.16. The quantitative estimate of drug-likeness (QED) is 0.842. The molecule has 1 spiro atoms. The molecular formula is C19H30N4O2. The first-order valence-corrected chi connectivity index (χ1v) is 9.73. The van der Waals surface area contributed by atoms with Crippen molar-refractivity contribution in [3.63, 3.8) is 0 Å². The molecule has 0 bridgehead atoms. The van der Waals surface area contributed by atoms with Crippen LogP contribution in [-0.4, -0.2) is 51.9 Å². The second kappa shape index (κ2) is 6.72. The molecule has 138 valence electrons. The number of hydrogen-bond acceptors (Lipinski definition) is 4. The number of rotatable bonds is 3. The normalized spacial score (nSPS) is 30.5. The SMILES string of the molecule is Cc1nn(C)cc1CN1CC[C@]2(CCC[C@@H]2C(=O)N2CCCCO2)C1. The van der Waals surface area contributed by atoms with Crippen molar-refractivity contribution >= 4 is 5.91 Å². The molecule has 1 aliphatic carbocycles. The van der Waals surface area contributed by atoms with Crippen molar-refractivity contribution in [2.24, 2.45) is 18.4 Å². The molecule has 1 amide bonds. The van der Waals surface area contributed by atoms with Crippen LogP contribution in [-0.2, 0) is 23.2 Å². The zero-order valence-electron chi connectivity index (χ0n) is 15.5. The number of likely N-dealkylation sites (tertiary alicyclic amines) is 1. The molecular weight excluding hydrogens is 316 g/mol. The fourth-order valence-corrected chi connectivity index (χ4v) is 5.12. The maximum atomic E-state index is 13.1. The van der Waals surface area contributed by atoms with E-state index < -0.39 is 0 Å². The summed E-state index contributed by atoms with van der Waals surface area (Å²) in [5.74, 6) is 0.391. The molecule has 1 saturated carbocycles. The summed E-state index contributed by atoms with van der Waals surface area (Å²) in [5.41, 5.74) is 2.58. The number of amides is 1. The van der Waals surface area contributed by atoms with E-state index in [0.717, 1.165) is 57.6 Å². The van der Waals surface area contributed by atoms with Gasteiger partial charge in [-0.25, -0.2) is 5.06 Å². The number of hydrogen-bond donors (Lipinski definition) is 0. The van der Waals surface area contributed by atoms with Gasteiger partial charge >= 0.3 is 0 Å². The van der Waals surface area contributed by atoms with Gasteiger partial charge in [-0.1, -0.05) is 6.42 Å². The molecule has 2 saturated heterocycles. The molecule has 3 fully saturated rings. The van der Waals surface area contributed by atoms with Gasteiger partial charge in [0.15, 0.2) is 0 Å². The highest BCUT2D eigenvalue weighted by atomic mass is 16.7. The summed E-state index contributed by atoms with van der Waals surface area (Å²) in [7, 11) is 1.98. The van der Waals surface area contributed by atoms with Crippen LogP contribution in [0.3, 0.4) is 0 Å². The van der Waals surface area contributed by atoms with Gasteiger partial charge in [0.1, 0.15) is 0 Å². The van der Waals surface area contributed by atoms with Crippen LogP contribution in [0.4, 0.5) is 0 Å². The van der Waals surface area contributed by atoms with Crippen molar-refractivity contribution in [3.8, 4) is 0 Å². The highest BCUT2D eigenvalue weighted by Crippen LogP contribution is 2.50. The number of nitrogens with zero attached hydrogens (tertiary/aromatic N) is 4. The van der Waals surface area contributed by atoms with Crippen LogP contribution in [0.2, 0.25) is 0 Å². The molecule has 2 atom stereocenters. The minimum absolute atomic E-state index is 0.144. The van der Waals surface area contributed by atoms with Crippen molar-refractivity contribution in [1.82, 2.24) is 19.7 Å². The van der Waals surface area contributed by atoms with Gasteiger partial charge in [0.25, 0.3) is 0 Å². The van der Waals surface area contributed by atoms with Crippen LogP contribution < -0.4 is 0 Å². The fraction of sp³-hybridized carbons (Fsp3) is 0.789. The molecule has 6 heteroatoms. The first-order chi connectivity index (χ1) is 12.1. The molecule has 25 heavy (non-hydrogen) atoms. The van der Waals surface area contributed by atoms with Gasteiger partial charge in [0.2, 0.25) is 5.91 Å². The summed E-state index contributed by atoms with van der Waals surface area (Å²) in [4.78, 5) is 21.2. The van der Waals surface area contributed by atoms with Gasteiger partial charge in [-0.3, -0.25) is 19.2 Å². The van der Waals surface area contributed by atoms with E-state index in [-0.39, 0.29) is 17.2 Å². The van der Waals surface area contributed by atoms with Crippen molar-refractivity contribution in [1.29, 1.82) is 0 Å². The highest BCUT2D eigenvalue weighted by molar-refractivity contribution is 5.79. The fourth-order valence-electron chi connectivity index (χ4n) is 5.12. The number of carbonyl (C=O) groups is 1. The first kappa shape index (κ1) is 17.0. The van der Waals surface area contributed by atoms with Crippen LogP contribution in [0, 0.1) is 18.3 Å². The molecule has 6 nitrogen and oxygen atoms in total. The maximum absolute atomic E-state index is 13.1. The van der Waals surface area contributed by atoms with E-state index in [9.17, 15) is 4.79 Å². The van der Waals surface area contributed by atoms with E-state index in [2.05, 4.69) is 23.1 Å². The Morgan fingerprint density at radius 1 is 1.32 bits per heavy atom. The van der Waals surface area contributed by atoms with Gasteiger partial charge in [0, 0.05) is 44.4 Å². The monoisotopic (exact) mass is 346 g/mol. The molecule has 0 unspecified atom stereocenters. The van der Waals surface area contributed by atoms with Gasteiger partial charge in [-0.2, -0.15) is 5.10 Å². The van der Waals surface area contributed by atoms with E-state index in [0.29, 0.717) is 6.61 Å². The van der Waals surface area contributed by atoms with Gasteiger partial charge in [0.05, 0.1) is 12.3 Å². The smallest absolute Gasteiger partial charge is 0.249 e. The van der Waals surface area contributed by atoms with Gasteiger partial charge in [-0.05, 0) is 51.0 Å². The van der Waals surface area contributed by atoms with Crippen LogP contribution in [0.25, 0.3) is 0 Å². The molecule has 4 rings (SSSR count). The third kappa shape index (κ3) is 3.22. The lowest BCUT2D eigenvalue weighted by Crippen LogP contribution is -2.45. The zero-order chi connectivity index (χ0) is 17.4. The average Bonchev–Trinajstić information content (AvgIpc) is 3.29. The number of aromatic nitrogens is 2. The minimum Gasteiger partial charge on any atom is -0.298 e. The summed E-state index contributed by atoms with van der Waals surface area (Å²) in [6.45, 7) is 6.60. The molecule has 0 aromatic carbocycles. The molecule has 2 aliphatic heterocycles. The Kier molecular flexibility index (Phi) is 4.58. The molecule has 3 heterocycles. The Morgan fingerprint density at radius 3 is 2.92 bits per heavy atom. The maximum Gasteiger partial charge on any atom is 0.249 e. The lowest BCUT2D eigenvalue weighted by molar-refractivity contribution is -0.204. The molecule has 3 aliphatic rings. The predicted molar refractivity (Wildman–Crippen MR) is 94.5 cm³/mol. The topological polar surface area (TPSA) is 50.6 Å². The number of hydroxylamine groups is 2. The average molecular weight is 346 g/mol. The van der Waals surface area contributed by atoms with Crippen LogP contribution in [0.15, 0.2) is 6.20 Å². The van der Waals surface area contributed by atoms with E-state index in [4.69, 9.17) is 4.84 Å². The minimum atomic E-state index is 0.144. The Hall–Kier alpha value is -1.40. The van der Waals surface area contributed by atoms with Crippen molar-refractivity contribution in [2.75, 3.05) is 26.2 Å². The van der Waals surface area contributed by atoms with Crippen LogP contribution in [0.1, 0.15) is 49.8 Å². The number of aryl methyl sites for hydroxylation is 2. The Labute approximate surface area is 150 Å². The summed E-state index contributed by atoms with van der Waals surface area (Å²) >= 11 is 0. The highest BCUT2D eigenvalue weighted by Gasteiger charge is 2.51. The first-order valence-electron chi connectivity index (χ1n) is 9.73. The summed E-state index contributed by atoms with van der Waals surface area (Å²) < 4.78 is 1.89.